The Bertz CT molecular complexity index is 1740. The molecule has 0 saturated carbocycles. The molecule has 40 heavy (non-hydrogen) atoms. The minimum atomic E-state index is -0.455. The number of pyridine rings is 1. The molecule has 6 rings (SSSR count). The summed E-state index contributed by atoms with van der Waals surface area (Å²) in [6, 6.07) is 17.5. The Balaban J connectivity index is 1.40. The number of rotatable bonds is 7. The Morgan fingerprint density at radius 2 is 1.85 bits per heavy atom. The summed E-state index contributed by atoms with van der Waals surface area (Å²) in [6.45, 7) is 3.88. The lowest BCUT2D eigenvalue weighted by atomic mass is 9.95. The van der Waals surface area contributed by atoms with Crippen LogP contribution in [0, 0.1) is 13.8 Å². The number of primary amides is 1. The fraction of sp³-hybridized carbons (Fsp3) is 0.194. The Hall–Kier alpha value is -4.63. The minimum Gasteiger partial charge on any atom is -0.366 e. The molecule has 9 heteroatoms. The van der Waals surface area contributed by atoms with Crippen molar-refractivity contribution in [1.82, 2.24) is 19.7 Å². The number of hydrogen-bond acceptors (Lipinski definition) is 6. The zero-order valence-electron chi connectivity index (χ0n) is 22.3. The number of anilines is 1. The van der Waals surface area contributed by atoms with E-state index in [0.29, 0.717) is 23.5 Å². The fourth-order valence-corrected chi connectivity index (χ4v) is 6.31. The standard InChI is InChI=1S/C31H28N6O2S/c1-18-19(2)25(14-12-22(18)30(32)39)37-28-23(27(36-37)21-9-6-16-33-17-21)11-13-24-29(28)40-31(34-24)35-26(38)15-10-20-7-4-3-5-8-20/h3-9,12,14,16-17H,10-11,13,15H2,1-2H3,(H2,32,39)(H,34,35,38). The smallest absolute Gasteiger partial charge is 0.248 e. The highest BCUT2D eigenvalue weighted by Crippen LogP contribution is 2.44. The van der Waals surface area contributed by atoms with Gasteiger partial charge in [0.25, 0.3) is 0 Å². The molecule has 0 bridgehead atoms. The number of carbonyl (C=O) groups excluding carboxylic acids is 2. The number of amides is 2. The number of aromatic nitrogens is 4. The quantitative estimate of drug-likeness (QED) is 0.281. The molecular formula is C31H28N6O2S. The number of carbonyl (C=O) groups is 2. The van der Waals surface area contributed by atoms with Gasteiger partial charge in [0.05, 0.1) is 27.6 Å². The van der Waals surface area contributed by atoms with Crippen LogP contribution in [0.4, 0.5) is 5.13 Å². The van der Waals surface area contributed by atoms with Crippen LogP contribution in [0.5, 0.6) is 0 Å². The second-order valence-corrected chi connectivity index (χ2v) is 10.9. The van der Waals surface area contributed by atoms with Gasteiger partial charge in [0.1, 0.15) is 0 Å². The van der Waals surface area contributed by atoms with Crippen molar-refractivity contribution < 1.29 is 9.59 Å². The number of benzene rings is 2. The van der Waals surface area contributed by atoms with E-state index in [1.54, 1.807) is 12.3 Å². The highest BCUT2D eigenvalue weighted by atomic mass is 32.1. The largest absolute Gasteiger partial charge is 0.366 e. The van der Waals surface area contributed by atoms with Crippen molar-refractivity contribution in [2.75, 3.05) is 5.32 Å². The predicted octanol–water partition coefficient (Wildman–Crippen LogP) is 5.44. The molecule has 5 aromatic rings. The number of hydrogen-bond donors (Lipinski definition) is 2. The molecule has 3 N–H and O–H groups in total. The van der Waals surface area contributed by atoms with E-state index in [9.17, 15) is 9.59 Å². The van der Waals surface area contributed by atoms with Gasteiger partial charge in [-0.2, -0.15) is 5.10 Å². The third-order valence-electron chi connectivity index (χ3n) is 7.42. The van der Waals surface area contributed by atoms with Gasteiger partial charge in [-0.05, 0) is 74.1 Å². The van der Waals surface area contributed by atoms with Crippen LogP contribution in [-0.2, 0) is 24.1 Å². The van der Waals surface area contributed by atoms with E-state index in [4.69, 9.17) is 15.8 Å². The summed E-state index contributed by atoms with van der Waals surface area (Å²) in [4.78, 5) is 34.9. The lowest BCUT2D eigenvalue weighted by molar-refractivity contribution is -0.116. The molecule has 0 unspecified atom stereocenters. The van der Waals surface area contributed by atoms with Crippen LogP contribution < -0.4 is 11.1 Å². The number of aryl methyl sites for hydroxylation is 2. The summed E-state index contributed by atoms with van der Waals surface area (Å²) in [5, 5.41) is 8.70. The molecule has 1 aliphatic rings. The second-order valence-electron chi connectivity index (χ2n) is 9.90. The van der Waals surface area contributed by atoms with Gasteiger partial charge in [0.2, 0.25) is 11.8 Å². The van der Waals surface area contributed by atoms with Gasteiger partial charge >= 0.3 is 0 Å². The number of nitrogens with two attached hydrogens (primary N) is 1. The monoisotopic (exact) mass is 548 g/mol. The average molecular weight is 549 g/mol. The molecule has 0 saturated heterocycles. The number of fused-ring (bicyclic) bond motifs is 3. The van der Waals surface area contributed by atoms with Crippen LogP contribution in [-0.4, -0.2) is 31.6 Å². The van der Waals surface area contributed by atoms with E-state index >= 15 is 0 Å². The lowest BCUT2D eigenvalue weighted by Crippen LogP contribution is -2.15. The second kappa shape index (κ2) is 10.5. The number of thiazole rings is 1. The Kier molecular flexibility index (Phi) is 6.73. The first kappa shape index (κ1) is 25.6. The minimum absolute atomic E-state index is 0.0618. The predicted molar refractivity (Wildman–Crippen MR) is 157 cm³/mol. The van der Waals surface area contributed by atoms with Gasteiger partial charge in [0.15, 0.2) is 5.13 Å². The maximum atomic E-state index is 12.8. The maximum absolute atomic E-state index is 12.8. The highest BCUT2D eigenvalue weighted by Gasteiger charge is 2.30. The van der Waals surface area contributed by atoms with Gasteiger partial charge in [-0.25, -0.2) is 9.67 Å². The molecule has 2 amide bonds. The summed E-state index contributed by atoms with van der Waals surface area (Å²) in [5.74, 6) is -0.517. The van der Waals surface area contributed by atoms with Crippen LogP contribution in [0.15, 0.2) is 67.0 Å². The van der Waals surface area contributed by atoms with Crippen molar-refractivity contribution in [3.63, 3.8) is 0 Å². The van der Waals surface area contributed by atoms with Gasteiger partial charge in [-0.1, -0.05) is 41.7 Å². The average Bonchev–Trinajstić information content (AvgIpc) is 3.55. The van der Waals surface area contributed by atoms with E-state index in [1.165, 1.54) is 11.3 Å². The molecule has 0 atom stereocenters. The van der Waals surface area contributed by atoms with Gasteiger partial charge < -0.3 is 11.1 Å². The molecule has 3 heterocycles. The van der Waals surface area contributed by atoms with Crippen LogP contribution in [0.3, 0.4) is 0 Å². The van der Waals surface area contributed by atoms with Crippen LogP contribution in [0.1, 0.15) is 44.7 Å². The summed E-state index contributed by atoms with van der Waals surface area (Å²) in [7, 11) is 0. The molecule has 0 spiro atoms. The van der Waals surface area contributed by atoms with E-state index in [0.717, 1.165) is 68.3 Å². The Labute approximate surface area is 235 Å². The van der Waals surface area contributed by atoms with Crippen molar-refractivity contribution in [3.05, 3.63) is 101 Å². The van der Waals surface area contributed by atoms with Crippen molar-refractivity contribution in [3.8, 4) is 27.5 Å². The molecule has 0 aliphatic heterocycles. The Morgan fingerprint density at radius 3 is 2.60 bits per heavy atom. The van der Waals surface area contributed by atoms with Gasteiger partial charge in [0, 0.05) is 35.5 Å². The lowest BCUT2D eigenvalue weighted by Gasteiger charge is -2.17. The van der Waals surface area contributed by atoms with Crippen LogP contribution >= 0.6 is 11.3 Å². The van der Waals surface area contributed by atoms with Crippen molar-refractivity contribution >= 4 is 28.3 Å². The van der Waals surface area contributed by atoms with E-state index in [2.05, 4.69) is 10.3 Å². The molecule has 0 fully saturated rings. The number of nitrogens with zero attached hydrogens (tertiary/aromatic N) is 4. The van der Waals surface area contributed by atoms with E-state index < -0.39 is 5.91 Å². The third-order valence-corrected chi connectivity index (χ3v) is 8.44. The molecule has 1 aliphatic carbocycles. The maximum Gasteiger partial charge on any atom is 0.248 e. The first-order valence-corrected chi connectivity index (χ1v) is 14.0. The van der Waals surface area contributed by atoms with Crippen molar-refractivity contribution in [2.45, 2.75) is 39.5 Å². The molecule has 8 nitrogen and oxygen atoms in total. The molecule has 200 valence electrons. The molecular weight excluding hydrogens is 520 g/mol. The van der Waals surface area contributed by atoms with Crippen molar-refractivity contribution in [1.29, 1.82) is 0 Å². The van der Waals surface area contributed by atoms with Crippen molar-refractivity contribution in [2.24, 2.45) is 5.73 Å². The van der Waals surface area contributed by atoms with E-state index in [1.807, 2.05) is 73.3 Å². The van der Waals surface area contributed by atoms with E-state index in [-0.39, 0.29) is 5.91 Å². The van der Waals surface area contributed by atoms with Gasteiger partial charge in [-0.3, -0.25) is 14.6 Å². The molecule has 3 aromatic heterocycles. The fourth-order valence-electron chi connectivity index (χ4n) is 5.22. The zero-order valence-corrected chi connectivity index (χ0v) is 23.1. The SMILES string of the molecule is Cc1c(C(N)=O)ccc(-n2nc(-c3cccnc3)c3c2-c2sc(NC(=O)CCc4ccccc4)nc2CC3)c1C. The summed E-state index contributed by atoms with van der Waals surface area (Å²) in [6.07, 6.45) is 6.13. The topological polar surface area (TPSA) is 116 Å². The summed E-state index contributed by atoms with van der Waals surface area (Å²) >= 11 is 1.47. The highest BCUT2D eigenvalue weighted by molar-refractivity contribution is 7.19. The normalized spacial score (nSPS) is 12.1. The zero-order chi connectivity index (χ0) is 27.8. The third kappa shape index (κ3) is 4.69. The number of nitrogens with one attached hydrogen (secondary N) is 1. The summed E-state index contributed by atoms with van der Waals surface area (Å²) < 4.78 is 1.95. The summed E-state index contributed by atoms with van der Waals surface area (Å²) in [5.41, 5.74) is 14.7. The molecule has 0 radical (unpaired) electrons. The molecule has 2 aromatic carbocycles. The van der Waals surface area contributed by atoms with Crippen LogP contribution in [0.2, 0.25) is 0 Å². The Morgan fingerprint density at radius 1 is 1.02 bits per heavy atom. The van der Waals surface area contributed by atoms with Gasteiger partial charge in [-0.15, -0.1) is 0 Å². The van der Waals surface area contributed by atoms with Crippen LogP contribution in [0.25, 0.3) is 27.5 Å². The first-order chi connectivity index (χ1) is 19.4. The first-order valence-electron chi connectivity index (χ1n) is 13.2.